The lowest BCUT2D eigenvalue weighted by atomic mass is 10.2. The maximum Gasteiger partial charge on any atom is 0.191 e. The Morgan fingerprint density at radius 3 is 2.67 bits per heavy atom. The zero-order chi connectivity index (χ0) is 21.2. The molecule has 0 fully saturated rings. The summed E-state index contributed by atoms with van der Waals surface area (Å²) in [6.45, 7) is 3.87. The van der Waals surface area contributed by atoms with Gasteiger partial charge in [0.15, 0.2) is 17.5 Å². The van der Waals surface area contributed by atoms with Gasteiger partial charge in [0.05, 0.1) is 6.54 Å². The van der Waals surface area contributed by atoms with E-state index in [0.29, 0.717) is 19.0 Å². The summed E-state index contributed by atoms with van der Waals surface area (Å²) in [6.07, 6.45) is 4.37. The first-order valence-electron chi connectivity index (χ1n) is 10.1. The van der Waals surface area contributed by atoms with Gasteiger partial charge in [-0.05, 0) is 24.6 Å². The Labute approximate surface area is 176 Å². The van der Waals surface area contributed by atoms with Crippen molar-refractivity contribution in [1.82, 2.24) is 20.2 Å². The number of halogens is 1. The number of hydrogen-bond acceptors (Lipinski definition) is 3. The Morgan fingerprint density at radius 1 is 1.13 bits per heavy atom. The standard InChI is InChI=1S/C23H28FN5O/c1-18(30-21-11-7-6-10-20(21)24)16-28-23(25-2)27-13-12-22-26-14-15-29(22)17-19-8-4-3-5-9-19/h3-11,14-15,18H,12-13,16-17H2,1-2H3,(H2,25,27,28). The number of aliphatic imine (C=N–C) groups is 1. The van der Waals surface area contributed by atoms with Gasteiger partial charge in [-0.3, -0.25) is 4.99 Å². The fourth-order valence-electron chi connectivity index (χ4n) is 3.04. The molecule has 0 aliphatic rings. The van der Waals surface area contributed by atoms with Crippen molar-refractivity contribution >= 4 is 5.96 Å². The van der Waals surface area contributed by atoms with E-state index in [9.17, 15) is 4.39 Å². The van der Waals surface area contributed by atoms with E-state index in [1.54, 1.807) is 25.2 Å². The predicted octanol–water partition coefficient (Wildman–Crippen LogP) is 3.25. The van der Waals surface area contributed by atoms with Gasteiger partial charge in [0.25, 0.3) is 0 Å². The van der Waals surface area contributed by atoms with E-state index in [1.165, 1.54) is 11.6 Å². The van der Waals surface area contributed by atoms with Gasteiger partial charge < -0.3 is 19.9 Å². The summed E-state index contributed by atoms with van der Waals surface area (Å²) in [5.41, 5.74) is 1.24. The first kappa shape index (κ1) is 21.4. The van der Waals surface area contributed by atoms with Crippen LogP contribution in [0.2, 0.25) is 0 Å². The van der Waals surface area contributed by atoms with Crippen molar-refractivity contribution < 1.29 is 9.13 Å². The molecule has 0 aliphatic heterocycles. The molecule has 3 rings (SSSR count). The van der Waals surface area contributed by atoms with Crippen molar-refractivity contribution in [1.29, 1.82) is 0 Å². The Bertz CT molecular complexity index is 942. The van der Waals surface area contributed by atoms with E-state index in [1.807, 2.05) is 37.5 Å². The number of hydrogen-bond donors (Lipinski definition) is 2. The number of nitrogens with zero attached hydrogens (tertiary/aromatic N) is 3. The van der Waals surface area contributed by atoms with Gasteiger partial charge in [-0.2, -0.15) is 0 Å². The van der Waals surface area contributed by atoms with Crippen LogP contribution in [0.15, 0.2) is 72.0 Å². The second-order valence-corrected chi connectivity index (χ2v) is 6.95. The minimum Gasteiger partial charge on any atom is -0.486 e. The lowest BCUT2D eigenvalue weighted by Crippen LogP contribution is -2.42. The van der Waals surface area contributed by atoms with Crippen LogP contribution in [0.25, 0.3) is 0 Å². The highest BCUT2D eigenvalue weighted by atomic mass is 19.1. The van der Waals surface area contributed by atoms with Gasteiger partial charge in [-0.25, -0.2) is 9.37 Å². The second-order valence-electron chi connectivity index (χ2n) is 6.95. The molecule has 0 saturated heterocycles. The minimum absolute atomic E-state index is 0.217. The summed E-state index contributed by atoms with van der Waals surface area (Å²) < 4.78 is 21.5. The summed E-state index contributed by atoms with van der Waals surface area (Å²) >= 11 is 0. The Balaban J connectivity index is 1.43. The summed E-state index contributed by atoms with van der Waals surface area (Å²) in [5, 5.41) is 6.49. The minimum atomic E-state index is -0.363. The molecule has 3 aromatic rings. The highest BCUT2D eigenvalue weighted by Crippen LogP contribution is 2.16. The molecule has 0 saturated carbocycles. The van der Waals surface area contributed by atoms with E-state index in [0.717, 1.165) is 18.8 Å². The predicted molar refractivity (Wildman–Crippen MR) is 117 cm³/mol. The maximum absolute atomic E-state index is 13.7. The summed E-state index contributed by atoms with van der Waals surface area (Å²) in [5.74, 6) is 1.57. The Hall–Kier alpha value is -3.35. The Morgan fingerprint density at radius 2 is 1.90 bits per heavy atom. The lowest BCUT2D eigenvalue weighted by molar-refractivity contribution is 0.214. The molecule has 1 atom stereocenters. The van der Waals surface area contributed by atoms with Crippen LogP contribution in [0, 0.1) is 5.82 Å². The normalized spacial score (nSPS) is 12.4. The molecule has 2 N–H and O–H groups in total. The quantitative estimate of drug-likeness (QED) is 0.421. The van der Waals surface area contributed by atoms with E-state index >= 15 is 0 Å². The van der Waals surface area contributed by atoms with Gasteiger partial charge in [-0.15, -0.1) is 0 Å². The topological polar surface area (TPSA) is 63.5 Å². The monoisotopic (exact) mass is 409 g/mol. The van der Waals surface area contributed by atoms with Crippen LogP contribution in [0.5, 0.6) is 5.75 Å². The van der Waals surface area contributed by atoms with Crippen LogP contribution in [-0.4, -0.2) is 41.8 Å². The molecule has 0 amide bonds. The highest BCUT2D eigenvalue weighted by Gasteiger charge is 2.09. The number of imidazole rings is 1. The molecule has 7 heteroatoms. The molecular weight excluding hydrogens is 381 g/mol. The summed E-state index contributed by atoms with van der Waals surface area (Å²) in [6, 6.07) is 16.7. The largest absolute Gasteiger partial charge is 0.486 e. The molecule has 158 valence electrons. The van der Waals surface area contributed by atoms with Crippen LogP contribution in [0.3, 0.4) is 0 Å². The van der Waals surface area contributed by atoms with Crippen LogP contribution < -0.4 is 15.4 Å². The van der Waals surface area contributed by atoms with Crippen molar-refractivity contribution in [2.45, 2.75) is 26.0 Å². The van der Waals surface area contributed by atoms with Gasteiger partial charge in [0.1, 0.15) is 11.9 Å². The number of ether oxygens (including phenoxy) is 1. The highest BCUT2D eigenvalue weighted by molar-refractivity contribution is 5.79. The van der Waals surface area contributed by atoms with E-state index in [-0.39, 0.29) is 17.7 Å². The van der Waals surface area contributed by atoms with Crippen LogP contribution in [-0.2, 0) is 13.0 Å². The van der Waals surface area contributed by atoms with Crippen LogP contribution in [0.4, 0.5) is 4.39 Å². The molecule has 1 unspecified atom stereocenters. The van der Waals surface area contributed by atoms with Gasteiger partial charge >= 0.3 is 0 Å². The third-order valence-corrected chi connectivity index (χ3v) is 4.58. The molecule has 1 heterocycles. The lowest BCUT2D eigenvalue weighted by Gasteiger charge is -2.18. The molecule has 0 bridgehead atoms. The molecule has 30 heavy (non-hydrogen) atoms. The SMILES string of the molecule is CN=C(NCCc1nccn1Cc1ccccc1)NCC(C)Oc1ccccc1F. The first-order chi connectivity index (χ1) is 14.7. The average molecular weight is 410 g/mol. The fourth-order valence-corrected chi connectivity index (χ4v) is 3.04. The number of nitrogens with one attached hydrogen (secondary N) is 2. The fraction of sp³-hybridized carbons (Fsp3) is 0.304. The molecule has 6 nitrogen and oxygen atoms in total. The smallest absolute Gasteiger partial charge is 0.191 e. The van der Waals surface area contributed by atoms with Gasteiger partial charge in [-0.1, -0.05) is 42.5 Å². The number of benzene rings is 2. The van der Waals surface area contributed by atoms with Gasteiger partial charge in [0.2, 0.25) is 0 Å². The zero-order valence-corrected chi connectivity index (χ0v) is 17.4. The molecule has 2 aromatic carbocycles. The van der Waals surface area contributed by atoms with E-state index in [2.05, 4.69) is 37.3 Å². The van der Waals surface area contributed by atoms with Crippen molar-refractivity contribution in [3.63, 3.8) is 0 Å². The Kier molecular flexibility index (Phi) is 7.83. The third-order valence-electron chi connectivity index (χ3n) is 4.58. The summed E-state index contributed by atoms with van der Waals surface area (Å²) in [4.78, 5) is 8.70. The van der Waals surface area contributed by atoms with E-state index < -0.39 is 0 Å². The molecule has 0 aliphatic carbocycles. The van der Waals surface area contributed by atoms with Crippen LogP contribution >= 0.6 is 0 Å². The van der Waals surface area contributed by atoms with Crippen LogP contribution in [0.1, 0.15) is 18.3 Å². The van der Waals surface area contributed by atoms with Gasteiger partial charge in [0, 0.05) is 39.0 Å². The van der Waals surface area contributed by atoms with Crippen molar-refractivity contribution in [3.05, 3.63) is 84.2 Å². The van der Waals surface area contributed by atoms with Crippen molar-refractivity contribution in [3.8, 4) is 5.75 Å². The number of rotatable bonds is 9. The molecule has 1 aromatic heterocycles. The first-order valence-corrected chi connectivity index (χ1v) is 10.1. The summed E-state index contributed by atoms with van der Waals surface area (Å²) in [7, 11) is 1.72. The third kappa shape index (κ3) is 6.34. The number of aromatic nitrogens is 2. The molecule has 0 radical (unpaired) electrons. The zero-order valence-electron chi connectivity index (χ0n) is 17.4. The van der Waals surface area contributed by atoms with E-state index in [4.69, 9.17) is 4.74 Å². The number of guanidine groups is 1. The maximum atomic E-state index is 13.7. The average Bonchev–Trinajstić information content (AvgIpc) is 3.19. The number of para-hydroxylation sites is 1. The molecule has 0 spiro atoms. The van der Waals surface area contributed by atoms with Crippen molar-refractivity contribution in [2.24, 2.45) is 4.99 Å². The van der Waals surface area contributed by atoms with Crippen molar-refractivity contribution in [2.75, 3.05) is 20.1 Å². The second kappa shape index (κ2) is 11.0. The molecular formula is C23H28FN5O.